The average Bonchev–Trinajstić information content (AvgIpc) is 2.18. The van der Waals surface area contributed by atoms with Crippen LogP contribution in [0.3, 0.4) is 0 Å². The summed E-state index contributed by atoms with van der Waals surface area (Å²) in [7, 11) is 1.64. The molecule has 1 aromatic rings. The first-order chi connectivity index (χ1) is 6.31. The van der Waals surface area contributed by atoms with Crippen LogP contribution >= 0.6 is 12.4 Å². The minimum atomic E-state index is 0. The predicted octanol–water partition coefficient (Wildman–Crippen LogP) is 1.90. The number of benzene rings is 1. The Bertz CT molecular complexity index is 317. The normalized spacial score (nSPS) is 18.9. The van der Waals surface area contributed by atoms with Crippen LogP contribution in [0.1, 0.15) is 18.0 Å². The maximum Gasteiger partial charge on any atom is 0.127 e. The molecule has 14 heavy (non-hydrogen) atoms. The van der Waals surface area contributed by atoms with Crippen LogP contribution in [0.2, 0.25) is 0 Å². The maximum absolute atomic E-state index is 5.92. The van der Waals surface area contributed by atoms with Gasteiger partial charge in [0.15, 0.2) is 0 Å². The number of nitrogens with two attached hydrogens (primary N) is 1. The van der Waals surface area contributed by atoms with Crippen LogP contribution in [0.4, 0.5) is 0 Å². The Kier molecular flexibility index (Phi) is 3.61. The van der Waals surface area contributed by atoms with E-state index in [2.05, 4.69) is 0 Å². The summed E-state index contributed by atoms with van der Waals surface area (Å²) >= 11 is 0. The van der Waals surface area contributed by atoms with E-state index in [4.69, 9.17) is 15.2 Å². The molecule has 4 heteroatoms. The molecule has 0 aliphatic carbocycles. The van der Waals surface area contributed by atoms with Crippen molar-refractivity contribution in [1.82, 2.24) is 0 Å². The van der Waals surface area contributed by atoms with Crippen molar-refractivity contribution in [3.8, 4) is 11.5 Å². The average molecular weight is 216 g/mol. The highest BCUT2D eigenvalue weighted by Crippen LogP contribution is 2.33. The van der Waals surface area contributed by atoms with Gasteiger partial charge in [0.05, 0.1) is 13.7 Å². The Labute approximate surface area is 89.6 Å². The Morgan fingerprint density at radius 1 is 1.50 bits per heavy atom. The Morgan fingerprint density at radius 2 is 2.29 bits per heavy atom. The molecule has 0 fully saturated rings. The number of halogens is 1. The van der Waals surface area contributed by atoms with Crippen molar-refractivity contribution in [2.75, 3.05) is 13.7 Å². The summed E-state index contributed by atoms with van der Waals surface area (Å²) in [5.41, 5.74) is 6.99. The van der Waals surface area contributed by atoms with Gasteiger partial charge in [-0.05, 0) is 6.07 Å². The number of hydrogen-bond donors (Lipinski definition) is 1. The summed E-state index contributed by atoms with van der Waals surface area (Å²) < 4.78 is 10.6. The molecule has 0 unspecified atom stereocenters. The summed E-state index contributed by atoms with van der Waals surface area (Å²) in [4.78, 5) is 0. The topological polar surface area (TPSA) is 44.5 Å². The van der Waals surface area contributed by atoms with Crippen molar-refractivity contribution in [1.29, 1.82) is 0 Å². The van der Waals surface area contributed by atoms with Gasteiger partial charge >= 0.3 is 0 Å². The number of fused-ring (bicyclic) bond motifs is 1. The molecule has 1 aliphatic rings. The minimum Gasteiger partial charge on any atom is -0.497 e. The highest BCUT2D eigenvalue weighted by atomic mass is 35.5. The van der Waals surface area contributed by atoms with E-state index >= 15 is 0 Å². The second kappa shape index (κ2) is 4.53. The first-order valence-corrected chi connectivity index (χ1v) is 4.37. The molecule has 0 bridgehead atoms. The lowest BCUT2D eigenvalue weighted by molar-refractivity contribution is 0.267. The van der Waals surface area contributed by atoms with Gasteiger partial charge in [0.2, 0.25) is 0 Å². The largest absolute Gasteiger partial charge is 0.497 e. The van der Waals surface area contributed by atoms with Crippen LogP contribution in [-0.2, 0) is 0 Å². The molecule has 1 heterocycles. The van der Waals surface area contributed by atoms with E-state index in [0.29, 0.717) is 6.61 Å². The SMILES string of the molecule is COc1ccc2c(c1)OCC[C@@H]2N.Cl. The lowest BCUT2D eigenvalue weighted by atomic mass is 10.0. The van der Waals surface area contributed by atoms with Gasteiger partial charge in [-0.25, -0.2) is 0 Å². The van der Waals surface area contributed by atoms with E-state index in [1.165, 1.54) is 0 Å². The fraction of sp³-hybridized carbons (Fsp3) is 0.400. The first-order valence-electron chi connectivity index (χ1n) is 4.37. The third kappa shape index (κ3) is 1.94. The van der Waals surface area contributed by atoms with Gasteiger partial charge in [0.25, 0.3) is 0 Å². The van der Waals surface area contributed by atoms with E-state index in [0.717, 1.165) is 23.5 Å². The molecule has 1 aromatic carbocycles. The van der Waals surface area contributed by atoms with Crippen molar-refractivity contribution < 1.29 is 9.47 Å². The fourth-order valence-electron chi connectivity index (χ4n) is 1.52. The molecular weight excluding hydrogens is 202 g/mol. The standard InChI is InChI=1S/C10H13NO2.ClH/c1-12-7-2-3-8-9(11)4-5-13-10(8)6-7;/h2-3,6,9H,4-5,11H2,1H3;1H/t9-;/m0./s1. The predicted molar refractivity (Wildman–Crippen MR) is 57.3 cm³/mol. The zero-order valence-corrected chi connectivity index (χ0v) is 8.84. The second-order valence-electron chi connectivity index (χ2n) is 3.15. The number of rotatable bonds is 1. The molecule has 1 atom stereocenters. The Hall–Kier alpha value is -0.930. The van der Waals surface area contributed by atoms with Gasteiger partial charge in [0, 0.05) is 24.1 Å². The summed E-state index contributed by atoms with van der Waals surface area (Å²) in [6.07, 6.45) is 0.888. The molecule has 78 valence electrons. The number of methoxy groups -OCH3 is 1. The van der Waals surface area contributed by atoms with E-state index < -0.39 is 0 Å². The van der Waals surface area contributed by atoms with Crippen LogP contribution in [0.5, 0.6) is 11.5 Å². The van der Waals surface area contributed by atoms with Crippen molar-refractivity contribution in [3.05, 3.63) is 23.8 Å². The fourth-order valence-corrected chi connectivity index (χ4v) is 1.52. The summed E-state index contributed by atoms with van der Waals surface area (Å²) in [5.74, 6) is 1.67. The molecule has 3 nitrogen and oxygen atoms in total. The quantitative estimate of drug-likeness (QED) is 0.778. The molecule has 2 rings (SSSR count). The zero-order valence-electron chi connectivity index (χ0n) is 8.03. The van der Waals surface area contributed by atoms with Crippen LogP contribution in [0.15, 0.2) is 18.2 Å². The second-order valence-corrected chi connectivity index (χ2v) is 3.15. The van der Waals surface area contributed by atoms with E-state index in [9.17, 15) is 0 Å². The third-order valence-corrected chi connectivity index (χ3v) is 2.31. The van der Waals surface area contributed by atoms with E-state index in [-0.39, 0.29) is 18.4 Å². The van der Waals surface area contributed by atoms with E-state index in [1.807, 2.05) is 18.2 Å². The van der Waals surface area contributed by atoms with Gasteiger partial charge in [-0.3, -0.25) is 0 Å². The summed E-state index contributed by atoms with van der Waals surface area (Å²) in [6, 6.07) is 5.87. The highest BCUT2D eigenvalue weighted by molar-refractivity contribution is 5.85. The van der Waals surface area contributed by atoms with Crippen LogP contribution < -0.4 is 15.2 Å². The van der Waals surface area contributed by atoms with Crippen LogP contribution in [0.25, 0.3) is 0 Å². The molecule has 1 aliphatic heterocycles. The van der Waals surface area contributed by atoms with Crippen molar-refractivity contribution in [2.24, 2.45) is 5.73 Å². The summed E-state index contributed by atoms with van der Waals surface area (Å²) in [5, 5.41) is 0. The Balaban J connectivity index is 0.000000980. The Morgan fingerprint density at radius 3 is 3.00 bits per heavy atom. The molecular formula is C10H14ClNO2. The van der Waals surface area contributed by atoms with Gasteiger partial charge in [-0.2, -0.15) is 0 Å². The number of ether oxygens (including phenoxy) is 2. The third-order valence-electron chi connectivity index (χ3n) is 2.31. The molecule has 2 N–H and O–H groups in total. The van der Waals surface area contributed by atoms with Crippen LogP contribution in [0, 0.1) is 0 Å². The van der Waals surface area contributed by atoms with Crippen molar-refractivity contribution in [3.63, 3.8) is 0 Å². The molecule has 0 amide bonds. The minimum absolute atomic E-state index is 0. The number of hydrogen-bond acceptors (Lipinski definition) is 3. The van der Waals surface area contributed by atoms with Crippen molar-refractivity contribution in [2.45, 2.75) is 12.5 Å². The van der Waals surface area contributed by atoms with Gasteiger partial charge in [0.1, 0.15) is 11.5 Å². The monoisotopic (exact) mass is 215 g/mol. The molecule has 0 spiro atoms. The lowest BCUT2D eigenvalue weighted by Crippen LogP contribution is -2.20. The molecule has 0 radical (unpaired) electrons. The highest BCUT2D eigenvalue weighted by Gasteiger charge is 2.17. The maximum atomic E-state index is 5.92. The van der Waals surface area contributed by atoms with Gasteiger partial charge < -0.3 is 15.2 Å². The molecule has 0 aromatic heterocycles. The first kappa shape index (κ1) is 11.1. The zero-order chi connectivity index (χ0) is 9.26. The van der Waals surface area contributed by atoms with E-state index in [1.54, 1.807) is 7.11 Å². The molecule has 0 saturated heterocycles. The summed E-state index contributed by atoms with van der Waals surface area (Å²) in [6.45, 7) is 0.696. The van der Waals surface area contributed by atoms with Gasteiger partial charge in [-0.1, -0.05) is 6.07 Å². The van der Waals surface area contributed by atoms with Crippen LogP contribution in [-0.4, -0.2) is 13.7 Å². The lowest BCUT2D eigenvalue weighted by Gasteiger charge is -2.23. The van der Waals surface area contributed by atoms with Crippen molar-refractivity contribution >= 4 is 12.4 Å². The van der Waals surface area contributed by atoms with Gasteiger partial charge in [-0.15, -0.1) is 12.4 Å². The smallest absolute Gasteiger partial charge is 0.127 e. The molecule has 0 saturated carbocycles.